The summed E-state index contributed by atoms with van der Waals surface area (Å²) < 4.78 is 10.9. The number of aromatic nitrogens is 2. The number of piperidine rings is 1. The molecule has 2 aromatic rings. The van der Waals surface area contributed by atoms with E-state index in [1.165, 1.54) is 5.56 Å². The van der Waals surface area contributed by atoms with Gasteiger partial charge in [0.2, 0.25) is 0 Å². The minimum absolute atomic E-state index is 0.0204. The number of carbonyl (C=O) groups excluding carboxylic acids is 1. The molecule has 1 aliphatic rings. The topological polar surface area (TPSA) is 76.6 Å². The Morgan fingerprint density at radius 2 is 1.88 bits per heavy atom. The maximum Gasteiger partial charge on any atom is 0.317 e. The van der Waals surface area contributed by atoms with Gasteiger partial charge in [0, 0.05) is 44.9 Å². The monoisotopic (exact) mass is 356 g/mol. The number of amides is 2. The zero-order chi connectivity index (χ0) is 18.2. The van der Waals surface area contributed by atoms with Gasteiger partial charge in [0.05, 0.1) is 7.11 Å². The number of hydrogen-bond acceptors (Lipinski definition) is 5. The highest BCUT2D eigenvalue weighted by Crippen LogP contribution is 2.15. The largest absolute Gasteiger partial charge is 0.497 e. The lowest BCUT2D eigenvalue weighted by molar-refractivity contribution is 0.103. The number of ether oxygens (including phenoxy) is 2. The summed E-state index contributed by atoms with van der Waals surface area (Å²) in [6.07, 6.45) is 5.73. The number of carbonyl (C=O) groups is 1. The third-order valence-electron chi connectivity index (χ3n) is 4.39. The van der Waals surface area contributed by atoms with Crippen molar-refractivity contribution >= 4 is 6.03 Å². The fourth-order valence-electron chi connectivity index (χ4n) is 2.89. The van der Waals surface area contributed by atoms with Crippen molar-refractivity contribution in [1.82, 2.24) is 20.2 Å². The number of nitrogens with zero attached hydrogens (tertiary/aromatic N) is 3. The van der Waals surface area contributed by atoms with Crippen LogP contribution in [0.25, 0.3) is 0 Å². The van der Waals surface area contributed by atoms with Crippen LogP contribution in [0.4, 0.5) is 4.79 Å². The van der Waals surface area contributed by atoms with Gasteiger partial charge in [-0.3, -0.25) is 0 Å². The third kappa shape index (κ3) is 5.08. The Labute approximate surface area is 153 Å². The van der Waals surface area contributed by atoms with Crippen LogP contribution in [0.2, 0.25) is 0 Å². The van der Waals surface area contributed by atoms with Crippen LogP contribution in [0, 0.1) is 0 Å². The van der Waals surface area contributed by atoms with Crippen molar-refractivity contribution in [3.63, 3.8) is 0 Å². The second-order valence-corrected chi connectivity index (χ2v) is 6.17. The Hall–Kier alpha value is -2.83. The SMILES string of the molecule is COc1ccc(CCNC(=O)N2CCC(Oc3ncccn3)CC2)cc1. The number of urea groups is 1. The van der Waals surface area contributed by atoms with Gasteiger partial charge in [-0.25, -0.2) is 14.8 Å². The second-order valence-electron chi connectivity index (χ2n) is 6.17. The fraction of sp³-hybridized carbons (Fsp3) is 0.421. The Bertz CT molecular complexity index is 686. The standard InChI is InChI=1S/C19H24N4O3/c1-25-16-5-3-15(4-6-16)7-12-22-19(24)23-13-8-17(9-14-23)26-18-20-10-2-11-21-18/h2-6,10-11,17H,7-9,12-14H2,1H3,(H,22,24). The van der Waals surface area contributed by atoms with E-state index >= 15 is 0 Å². The van der Waals surface area contributed by atoms with E-state index in [9.17, 15) is 4.79 Å². The molecule has 1 saturated heterocycles. The molecule has 2 amide bonds. The first-order chi connectivity index (χ1) is 12.7. The average Bonchev–Trinajstić information content (AvgIpc) is 2.70. The van der Waals surface area contributed by atoms with Crippen molar-refractivity contribution in [3.05, 3.63) is 48.3 Å². The van der Waals surface area contributed by atoms with E-state index < -0.39 is 0 Å². The number of rotatable bonds is 6. The Morgan fingerprint density at radius 1 is 1.19 bits per heavy atom. The lowest BCUT2D eigenvalue weighted by atomic mass is 10.1. The quantitative estimate of drug-likeness (QED) is 0.859. The van der Waals surface area contributed by atoms with Crippen LogP contribution in [0.3, 0.4) is 0 Å². The number of benzene rings is 1. The van der Waals surface area contributed by atoms with Crippen molar-refractivity contribution in [2.45, 2.75) is 25.4 Å². The lowest BCUT2D eigenvalue weighted by Crippen LogP contribution is -2.47. The Kier molecular flexibility index (Phi) is 6.24. The van der Waals surface area contributed by atoms with Gasteiger partial charge in [-0.15, -0.1) is 0 Å². The Balaban J connectivity index is 1.36. The molecule has 1 aromatic carbocycles. The smallest absolute Gasteiger partial charge is 0.317 e. The normalized spacial score (nSPS) is 14.7. The zero-order valence-electron chi connectivity index (χ0n) is 14.9. The predicted octanol–water partition coefficient (Wildman–Crippen LogP) is 2.28. The number of hydrogen-bond donors (Lipinski definition) is 1. The van der Waals surface area contributed by atoms with Crippen LogP contribution in [0.1, 0.15) is 18.4 Å². The summed E-state index contributed by atoms with van der Waals surface area (Å²) in [4.78, 5) is 22.3. The van der Waals surface area contributed by atoms with Crippen LogP contribution in [0.5, 0.6) is 11.8 Å². The van der Waals surface area contributed by atoms with Crippen LogP contribution in [-0.2, 0) is 6.42 Å². The van der Waals surface area contributed by atoms with Crippen molar-refractivity contribution in [3.8, 4) is 11.8 Å². The minimum atomic E-state index is -0.0204. The molecule has 0 bridgehead atoms. The molecule has 0 radical (unpaired) electrons. The van der Waals surface area contributed by atoms with Gasteiger partial charge >= 0.3 is 12.0 Å². The molecule has 7 nitrogen and oxygen atoms in total. The molecule has 0 spiro atoms. The van der Waals surface area contributed by atoms with Crippen molar-refractivity contribution < 1.29 is 14.3 Å². The van der Waals surface area contributed by atoms with E-state index in [2.05, 4.69) is 15.3 Å². The van der Waals surface area contributed by atoms with Gasteiger partial charge in [-0.1, -0.05) is 12.1 Å². The fourth-order valence-corrected chi connectivity index (χ4v) is 2.89. The summed E-state index contributed by atoms with van der Waals surface area (Å²) in [6, 6.07) is 10.0. The van der Waals surface area contributed by atoms with E-state index in [-0.39, 0.29) is 12.1 Å². The third-order valence-corrected chi connectivity index (χ3v) is 4.39. The molecule has 1 fully saturated rings. The van der Waals surface area contributed by atoms with Crippen LogP contribution >= 0.6 is 0 Å². The highest BCUT2D eigenvalue weighted by atomic mass is 16.5. The molecule has 1 aromatic heterocycles. The van der Waals surface area contributed by atoms with Crippen LogP contribution in [0.15, 0.2) is 42.7 Å². The van der Waals surface area contributed by atoms with Gasteiger partial charge in [-0.05, 0) is 30.2 Å². The van der Waals surface area contributed by atoms with Gasteiger partial charge in [0.25, 0.3) is 0 Å². The maximum absolute atomic E-state index is 12.3. The number of likely N-dealkylation sites (tertiary alicyclic amines) is 1. The average molecular weight is 356 g/mol. The molecule has 1 N–H and O–H groups in total. The first-order valence-corrected chi connectivity index (χ1v) is 8.84. The summed E-state index contributed by atoms with van der Waals surface area (Å²) in [5.74, 6) is 0.837. The van der Waals surface area contributed by atoms with E-state index in [4.69, 9.17) is 9.47 Å². The van der Waals surface area contributed by atoms with E-state index in [1.807, 2.05) is 29.2 Å². The van der Waals surface area contributed by atoms with E-state index in [1.54, 1.807) is 25.6 Å². The molecule has 0 atom stereocenters. The summed E-state index contributed by atoms with van der Waals surface area (Å²) in [7, 11) is 1.65. The van der Waals surface area contributed by atoms with Crippen molar-refractivity contribution in [1.29, 1.82) is 0 Å². The minimum Gasteiger partial charge on any atom is -0.497 e. The molecule has 26 heavy (non-hydrogen) atoms. The molecule has 0 saturated carbocycles. The van der Waals surface area contributed by atoms with Crippen LogP contribution < -0.4 is 14.8 Å². The highest BCUT2D eigenvalue weighted by Gasteiger charge is 2.24. The van der Waals surface area contributed by atoms with Gasteiger partial charge in [0.1, 0.15) is 11.9 Å². The predicted molar refractivity (Wildman–Crippen MR) is 97.4 cm³/mol. The van der Waals surface area contributed by atoms with Gasteiger partial charge < -0.3 is 19.7 Å². The van der Waals surface area contributed by atoms with Gasteiger partial charge in [-0.2, -0.15) is 0 Å². The number of nitrogens with one attached hydrogen (secondary N) is 1. The summed E-state index contributed by atoms with van der Waals surface area (Å²) in [6.45, 7) is 1.96. The maximum atomic E-state index is 12.3. The molecule has 138 valence electrons. The summed E-state index contributed by atoms with van der Waals surface area (Å²) in [5.41, 5.74) is 1.17. The first-order valence-electron chi connectivity index (χ1n) is 8.84. The van der Waals surface area contributed by atoms with Crippen molar-refractivity contribution in [2.24, 2.45) is 0 Å². The molecular formula is C19H24N4O3. The highest BCUT2D eigenvalue weighted by molar-refractivity contribution is 5.74. The second kappa shape index (κ2) is 9.03. The van der Waals surface area contributed by atoms with E-state index in [0.29, 0.717) is 25.6 Å². The van der Waals surface area contributed by atoms with Crippen LogP contribution in [-0.4, -0.2) is 53.7 Å². The summed E-state index contributed by atoms with van der Waals surface area (Å²) >= 11 is 0. The molecule has 0 aliphatic carbocycles. The lowest BCUT2D eigenvalue weighted by Gasteiger charge is -2.31. The van der Waals surface area contributed by atoms with Crippen molar-refractivity contribution in [2.75, 3.05) is 26.7 Å². The molecule has 1 aliphatic heterocycles. The molecule has 2 heterocycles. The van der Waals surface area contributed by atoms with Gasteiger partial charge in [0.15, 0.2) is 0 Å². The zero-order valence-corrected chi connectivity index (χ0v) is 14.9. The number of methoxy groups -OCH3 is 1. The molecule has 7 heteroatoms. The van der Waals surface area contributed by atoms with E-state index in [0.717, 1.165) is 25.0 Å². The molecular weight excluding hydrogens is 332 g/mol. The molecule has 3 rings (SSSR count). The first kappa shape index (κ1) is 18.0. The summed E-state index contributed by atoms with van der Waals surface area (Å²) in [5, 5.41) is 2.98. The molecule has 0 unspecified atom stereocenters. The Morgan fingerprint density at radius 3 is 2.54 bits per heavy atom.